The van der Waals surface area contributed by atoms with E-state index in [1.165, 1.54) is 7.11 Å². The van der Waals surface area contributed by atoms with Crippen LogP contribution < -0.4 is 0 Å². The minimum Gasteiger partial charge on any atom is -0.469 e. The summed E-state index contributed by atoms with van der Waals surface area (Å²) in [6.07, 6.45) is -0.0392. The zero-order chi connectivity index (χ0) is 12.6. The molecule has 2 aliphatic heterocycles. The summed E-state index contributed by atoms with van der Waals surface area (Å²) < 4.78 is 15.7. The average molecular weight is 245 g/mol. The Morgan fingerprint density at radius 1 is 1.35 bits per heavy atom. The normalized spacial score (nSPS) is 35.9. The largest absolute Gasteiger partial charge is 0.469 e. The summed E-state index contributed by atoms with van der Waals surface area (Å²) in [6, 6.07) is -0.278. The molecule has 0 amide bonds. The van der Waals surface area contributed by atoms with Crippen molar-refractivity contribution < 1.29 is 24.1 Å². The first-order valence-electron chi connectivity index (χ1n) is 5.70. The Bertz CT molecular complexity index is 304. The lowest BCUT2D eigenvalue weighted by atomic mass is 9.92. The number of methoxy groups -OCH3 is 3. The van der Waals surface area contributed by atoms with Crippen LogP contribution >= 0.6 is 0 Å². The van der Waals surface area contributed by atoms with Crippen molar-refractivity contribution in [3.63, 3.8) is 0 Å². The van der Waals surface area contributed by atoms with Crippen LogP contribution in [0, 0.1) is 5.92 Å². The molecule has 0 aliphatic carbocycles. The number of nitrogens with zero attached hydrogens (tertiary/aromatic N) is 1. The Balaban J connectivity index is 2.30. The van der Waals surface area contributed by atoms with Gasteiger partial charge in [0.05, 0.1) is 19.3 Å². The van der Waals surface area contributed by atoms with E-state index in [1.54, 1.807) is 14.2 Å². The van der Waals surface area contributed by atoms with E-state index in [4.69, 9.17) is 14.2 Å². The van der Waals surface area contributed by atoms with Crippen LogP contribution in [0.2, 0.25) is 0 Å². The predicted octanol–water partition coefficient (Wildman–Crippen LogP) is -0.786. The maximum Gasteiger partial charge on any atom is 0.313 e. The second kappa shape index (κ2) is 4.53. The third-order valence-corrected chi connectivity index (χ3v) is 3.93. The highest BCUT2D eigenvalue weighted by atomic mass is 16.7. The predicted molar refractivity (Wildman–Crippen MR) is 58.2 cm³/mol. The van der Waals surface area contributed by atoms with E-state index >= 15 is 0 Å². The Labute approximate surface area is 100 Å². The van der Waals surface area contributed by atoms with E-state index in [1.807, 2.05) is 4.90 Å². The highest BCUT2D eigenvalue weighted by molar-refractivity contribution is 5.74. The molecule has 2 heterocycles. The van der Waals surface area contributed by atoms with E-state index < -0.39 is 23.8 Å². The first kappa shape index (κ1) is 12.8. The molecule has 17 heavy (non-hydrogen) atoms. The SMILES string of the molecule is COC(=O)C1C(O)CN2CCC(OC)(OC)C12. The number of hydrogen-bond donors (Lipinski definition) is 1. The van der Waals surface area contributed by atoms with Gasteiger partial charge >= 0.3 is 5.97 Å². The molecule has 1 N–H and O–H groups in total. The van der Waals surface area contributed by atoms with Gasteiger partial charge in [0.2, 0.25) is 0 Å². The summed E-state index contributed by atoms with van der Waals surface area (Å²) in [6.45, 7) is 1.20. The number of carbonyl (C=O) groups is 1. The van der Waals surface area contributed by atoms with Crippen LogP contribution in [0.1, 0.15) is 6.42 Å². The Hall–Kier alpha value is -0.690. The second-order valence-electron chi connectivity index (χ2n) is 4.53. The Kier molecular flexibility index (Phi) is 3.40. The molecular weight excluding hydrogens is 226 g/mol. The van der Waals surface area contributed by atoms with Gasteiger partial charge in [0.1, 0.15) is 5.92 Å². The molecule has 2 rings (SSSR count). The van der Waals surface area contributed by atoms with Crippen LogP contribution in [0.4, 0.5) is 0 Å². The van der Waals surface area contributed by atoms with Gasteiger partial charge < -0.3 is 19.3 Å². The topological polar surface area (TPSA) is 68.2 Å². The van der Waals surface area contributed by atoms with E-state index in [0.29, 0.717) is 13.0 Å². The lowest BCUT2D eigenvalue weighted by Gasteiger charge is -2.35. The van der Waals surface area contributed by atoms with Crippen molar-refractivity contribution in [3.8, 4) is 0 Å². The highest BCUT2D eigenvalue weighted by Gasteiger charge is 2.60. The number of aliphatic hydroxyl groups excluding tert-OH is 1. The zero-order valence-corrected chi connectivity index (χ0v) is 10.4. The van der Waals surface area contributed by atoms with Gasteiger partial charge in [-0.25, -0.2) is 0 Å². The van der Waals surface area contributed by atoms with Crippen molar-refractivity contribution in [2.45, 2.75) is 24.4 Å². The van der Waals surface area contributed by atoms with Crippen molar-refractivity contribution in [1.29, 1.82) is 0 Å². The highest BCUT2D eigenvalue weighted by Crippen LogP contribution is 2.42. The number of carbonyl (C=O) groups excluding carboxylic acids is 1. The Morgan fingerprint density at radius 2 is 2.00 bits per heavy atom. The first-order valence-corrected chi connectivity index (χ1v) is 5.70. The van der Waals surface area contributed by atoms with Crippen molar-refractivity contribution >= 4 is 5.97 Å². The second-order valence-corrected chi connectivity index (χ2v) is 4.53. The lowest BCUT2D eigenvalue weighted by Crippen LogP contribution is -2.51. The molecule has 0 aromatic rings. The van der Waals surface area contributed by atoms with Gasteiger partial charge in [0.15, 0.2) is 5.79 Å². The van der Waals surface area contributed by atoms with Gasteiger partial charge in [0.25, 0.3) is 0 Å². The van der Waals surface area contributed by atoms with Crippen LogP contribution in [-0.2, 0) is 19.0 Å². The fraction of sp³-hybridized carbons (Fsp3) is 0.909. The van der Waals surface area contributed by atoms with Gasteiger partial charge in [-0.15, -0.1) is 0 Å². The quantitative estimate of drug-likeness (QED) is 0.519. The third-order valence-electron chi connectivity index (χ3n) is 3.93. The lowest BCUT2D eigenvalue weighted by molar-refractivity contribution is -0.226. The summed E-state index contributed by atoms with van der Waals surface area (Å²) in [5, 5.41) is 9.97. The molecule has 0 saturated carbocycles. The van der Waals surface area contributed by atoms with Gasteiger partial charge in [-0.3, -0.25) is 9.69 Å². The van der Waals surface area contributed by atoms with Gasteiger partial charge in [-0.05, 0) is 0 Å². The summed E-state index contributed by atoms with van der Waals surface area (Å²) in [5.41, 5.74) is 0. The van der Waals surface area contributed by atoms with Crippen LogP contribution in [0.5, 0.6) is 0 Å². The van der Waals surface area contributed by atoms with E-state index in [2.05, 4.69) is 0 Å². The average Bonchev–Trinajstić information content (AvgIpc) is 2.84. The minimum atomic E-state index is -0.823. The van der Waals surface area contributed by atoms with Crippen LogP contribution in [0.3, 0.4) is 0 Å². The number of ether oxygens (including phenoxy) is 3. The maximum absolute atomic E-state index is 11.8. The minimum absolute atomic E-state index is 0.278. The number of fused-ring (bicyclic) bond motifs is 1. The molecule has 0 radical (unpaired) electrons. The molecule has 0 bridgehead atoms. The molecule has 3 atom stereocenters. The van der Waals surface area contributed by atoms with Gasteiger partial charge in [-0.2, -0.15) is 0 Å². The summed E-state index contributed by atoms with van der Waals surface area (Å²) >= 11 is 0. The molecular formula is C11H19NO5. The van der Waals surface area contributed by atoms with Crippen LogP contribution in [-0.4, -0.2) is 68.3 Å². The van der Waals surface area contributed by atoms with Crippen molar-refractivity contribution in [2.75, 3.05) is 34.4 Å². The summed E-state index contributed by atoms with van der Waals surface area (Å²) in [4.78, 5) is 13.8. The first-order chi connectivity index (χ1) is 8.09. The van der Waals surface area contributed by atoms with Crippen molar-refractivity contribution in [1.82, 2.24) is 4.90 Å². The Morgan fingerprint density at radius 3 is 2.53 bits per heavy atom. The van der Waals surface area contributed by atoms with Gasteiger partial charge in [0, 0.05) is 33.7 Å². The molecule has 0 aromatic carbocycles. The van der Waals surface area contributed by atoms with Crippen LogP contribution in [0.25, 0.3) is 0 Å². The molecule has 0 spiro atoms. The standard InChI is InChI=1S/C11H19NO5/c1-15-10(14)8-7(13)6-12-5-4-11(16-2,17-3)9(8)12/h7-9,13H,4-6H2,1-3H3. The monoisotopic (exact) mass is 245 g/mol. The smallest absolute Gasteiger partial charge is 0.313 e. The molecule has 0 aromatic heterocycles. The number of aliphatic hydroxyl groups is 1. The van der Waals surface area contributed by atoms with E-state index in [9.17, 15) is 9.90 Å². The van der Waals surface area contributed by atoms with Crippen molar-refractivity contribution in [2.24, 2.45) is 5.92 Å². The summed E-state index contributed by atoms with van der Waals surface area (Å²) in [7, 11) is 4.45. The number of hydrogen-bond acceptors (Lipinski definition) is 6. The third kappa shape index (κ3) is 1.76. The molecule has 6 heteroatoms. The van der Waals surface area contributed by atoms with Gasteiger partial charge in [-0.1, -0.05) is 0 Å². The molecule has 2 saturated heterocycles. The molecule has 98 valence electrons. The van der Waals surface area contributed by atoms with Crippen LogP contribution in [0.15, 0.2) is 0 Å². The van der Waals surface area contributed by atoms with Crippen molar-refractivity contribution in [3.05, 3.63) is 0 Å². The maximum atomic E-state index is 11.8. The number of rotatable bonds is 3. The molecule has 2 fully saturated rings. The fourth-order valence-electron chi connectivity index (χ4n) is 3.09. The summed E-state index contributed by atoms with van der Waals surface area (Å²) in [5.74, 6) is -1.84. The molecule has 3 unspecified atom stereocenters. The number of esters is 1. The molecule has 2 aliphatic rings. The van der Waals surface area contributed by atoms with E-state index in [-0.39, 0.29) is 6.04 Å². The fourth-order valence-corrected chi connectivity index (χ4v) is 3.09. The van der Waals surface area contributed by atoms with E-state index in [0.717, 1.165) is 6.54 Å². The molecule has 6 nitrogen and oxygen atoms in total. The zero-order valence-electron chi connectivity index (χ0n) is 10.4.